The Labute approximate surface area is 80.6 Å². The summed E-state index contributed by atoms with van der Waals surface area (Å²) in [5.41, 5.74) is 5.74. The van der Waals surface area contributed by atoms with Crippen LogP contribution < -0.4 is 5.73 Å². The van der Waals surface area contributed by atoms with Gasteiger partial charge in [-0.25, -0.2) is 0 Å². The van der Waals surface area contributed by atoms with Crippen LogP contribution in [0.3, 0.4) is 0 Å². The van der Waals surface area contributed by atoms with Gasteiger partial charge in [-0.15, -0.1) is 0 Å². The van der Waals surface area contributed by atoms with Crippen LogP contribution in [0, 0.1) is 5.41 Å². The van der Waals surface area contributed by atoms with Crippen LogP contribution in [0.5, 0.6) is 0 Å². The Bertz CT molecular complexity index is 170. The summed E-state index contributed by atoms with van der Waals surface area (Å²) in [6, 6.07) is -0.498. The number of hydrogen-bond donors (Lipinski definition) is 1. The molecule has 0 saturated heterocycles. The monoisotopic (exact) mass is 187 g/mol. The van der Waals surface area contributed by atoms with Crippen molar-refractivity contribution < 1.29 is 9.53 Å². The summed E-state index contributed by atoms with van der Waals surface area (Å²) >= 11 is 0. The molecule has 0 bridgehead atoms. The van der Waals surface area contributed by atoms with Crippen LogP contribution in [0.4, 0.5) is 0 Å². The molecular formula is C10H21NO2. The van der Waals surface area contributed by atoms with E-state index in [1.807, 2.05) is 13.8 Å². The Morgan fingerprint density at radius 2 is 1.85 bits per heavy atom. The molecule has 0 amide bonds. The Morgan fingerprint density at radius 1 is 1.38 bits per heavy atom. The predicted molar refractivity (Wildman–Crippen MR) is 53.3 cm³/mol. The van der Waals surface area contributed by atoms with Gasteiger partial charge in [-0.05, 0) is 25.7 Å². The summed E-state index contributed by atoms with van der Waals surface area (Å²) < 4.78 is 4.99. The summed E-state index contributed by atoms with van der Waals surface area (Å²) in [6.07, 6.45) is 0.567. The van der Waals surface area contributed by atoms with Crippen LogP contribution in [0.2, 0.25) is 0 Å². The molecule has 2 N–H and O–H groups in total. The molecule has 0 aliphatic carbocycles. The van der Waals surface area contributed by atoms with E-state index in [9.17, 15) is 4.79 Å². The predicted octanol–water partition coefficient (Wildman–Crippen LogP) is 1.70. The first-order chi connectivity index (χ1) is 5.72. The van der Waals surface area contributed by atoms with Gasteiger partial charge >= 0.3 is 5.97 Å². The minimum absolute atomic E-state index is 0.0649. The fourth-order valence-corrected chi connectivity index (χ4v) is 1.06. The molecule has 3 heteroatoms. The molecule has 0 rings (SSSR count). The Balaban J connectivity index is 3.97. The zero-order valence-electron chi connectivity index (χ0n) is 9.26. The first-order valence-electron chi connectivity index (χ1n) is 4.68. The van der Waals surface area contributed by atoms with Crippen LogP contribution in [-0.2, 0) is 9.53 Å². The van der Waals surface area contributed by atoms with E-state index in [2.05, 4.69) is 20.8 Å². The smallest absolute Gasteiger partial charge is 0.323 e. The van der Waals surface area contributed by atoms with Crippen molar-refractivity contribution >= 4 is 5.97 Å². The number of esters is 1. The molecule has 0 fully saturated rings. The summed E-state index contributed by atoms with van der Waals surface area (Å²) in [5, 5.41) is 0. The number of rotatable bonds is 3. The maximum atomic E-state index is 11.3. The molecule has 0 aromatic heterocycles. The minimum Gasteiger partial charge on any atom is -0.462 e. The molecule has 3 nitrogen and oxygen atoms in total. The number of carbonyl (C=O) groups is 1. The normalized spacial score (nSPS) is 14.4. The van der Waals surface area contributed by atoms with Gasteiger partial charge < -0.3 is 10.5 Å². The zero-order chi connectivity index (χ0) is 10.6. The van der Waals surface area contributed by atoms with Crippen molar-refractivity contribution in [2.24, 2.45) is 11.1 Å². The summed E-state index contributed by atoms with van der Waals surface area (Å²) in [7, 11) is 0. The van der Waals surface area contributed by atoms with E-state index in [4.69, 9.17) is 10.5 Å². The summed E-state index contributed by atoms with van der Waals surface area (Å²) in [4.78, 5) is 11.3. The van der Waals surface area contributed by atoms with Gasteiger partial charge in [0.05, 0.1) is 6.10 Å². The second-order valence-electron chi connectivity index (χ2n) is 4.86. The lowest BCUT2D eigenvalue weighted by atomic mass is 9.88. The van der Waals surface area contributed by atoms with E-state index in [1.54, 1.807) is 0 Å². The lowest BCUT2D eigenvalue weighted by Crippen LogP contribution is -2.37. The molecule has 0 aliphatic heterocycles. The third kappa shape index (κ3) is 6.58. The molecule has 13 heavy (non-hydrogen) atoms. The van der Waals surface area contributed by atoms with Crippen molar-refractivity contribution in [2.75, 3.05) is 0 Å². The van der Waals surface area contributed by atoms with E-state index >= 15 is 0 Å². The van der Waals surface area contributed by atoms with E-state index in [-0.39, 0.29) is 17.5 Å². The molecule has 78 valence electrons. The van der Waals surface area contributed by atoms with Gasteiger partial charge in [0, 0.05) is 0 Å². The lowest BCUT2D eigenvalue weighted by Gasteiger charge is -2.22. The molecular weight excluding hydrogens is 166 g/mol. The highest BCUT2D eigenvalue weighted by atomic mass is 16.5. The lowest BCUT2D eigenvalue weighted by molar-refractivity contribution is -0.149. The van der Waals surface area contributed by atoms with Gasteiger partial charge in [-0.2, -0.15) is 0 Å². The third-order valence-electron chi connectivity index (χ3n) is 1.49. The highest BCUT2D eigenvalue weighted by molar-refractivity contribution is 5.75. The van der Waals surface area contributed by atoms with Crippen LogP contribution in [-0.4, -0.2) is 18.1 Å². The van der Waals surface area contributed by atoms with E-state index in [0.717, 1.165) is 0 Å². The van der Waals surface area contributed by atoms with Gasteiger partial charge in [-0.1, -0.05) is 20.8 Å². The van der Waals surface area contributed by atoms with Crippen LogP contribution in [0.25, 0.3) is 0 Å². The molecule has 0 aliphatic rings. The van der Waals surface area contributed by atoms with Crippen molar-refractivity contribution in [3.63, 3.8) is 0 Å². The van der Waals surface area contributed by atoms with Gasteiger partial charge in [0.25, 0.3) is 0 Å². The van der Waals surface area contributed by atoms with E-state index < -0.39 is 6.04 Å². The zero-order valence-corrected chi connectivity index (χ0v) is 9.26. The van der Waals surface area contributed by atoms with Gasteiger partial charge in [0.15, 0.2) is 0 Å². The van der Waals surface area contributed by atoms with Crippen LogP contribution in [0.1, 0.15) is 41.0 Å². The van der Waals surface area contributed by atoms with Crippen molar-refractivity contribution in [3.05, 3.63) is 0 Å². The first kappa shape index (κ1) is 12.4. The van der Waals surface area contributed by atoms with Gasteiger partial charge in [-0.3, -0.25) is 4.79 Å². The van der Waals surface area contributed by atoms with Crippen molar-refractivity contribution in [2.45, 2.75) is 53.2 Å². The summed E-state index contributed by atoms with van der Waals surface area (Å²) in [6.45, 7) is 9.80. The molecule has 0 saturated carbocycles. The SMILES string of the molecule is CC(C)OC(=O)[C@@H](N)CC(C)(C)C. The molecule has 0 heterocycles. The fraction of sp³-hybridized carbons (Fsp3) is 0.900. The van der Waals surface area contributed by atoms with Gasteiger partial charge in [0.1, 0.15) is 6.04 Å². The van der Waals surface area contributed by atoms with Crippen molar-refractivity contribution in [1.29, 1.82) is 0 Å². The average molecular weight is 187 g/mol. The molecule has 0 spiro atoms. The largest absolute Gasteiger partial charge is 0.462 e. The highest BCUT2D eigenvalue weighted by Gasteiger charge is 2.22. The molecule has 0 aromatic rings. The Hall–Kier alpha value is -0.570. The number of ether oxygens (including phenoxy) is 1. The number of hydrogen-bond acceptors (Lipinski definition) is 3. The number of carbonyl (C=O) groups excluding carboxylic acids is 1. The van der Waals surface area contributed by atoms with Crippen molar-refractivity contribution in [3.8, 4) is 0 Å². The fourth-order valence-electron chi connectivity index (χ4n) is 1.06. The quantitative estimate of drug-likeness (QED) is 0.684. The maximum absolute atomic E-state index is 11.3. The second kappa shape index (κ2) is 4.61. The highest BCUT2D eigenvalue weighted by Crippen LogP contribution is 2.20. The second-order valence-corrected chi connectivity index (χ2v) is 4.86. The van der Waals surface area contributed by atoms with Crippen molar-refractivity contribution in [1.82, 2.24) is 0 Å². The standard InChI is InChI=1S/C10H21NO2/c1-7(2)13-9(12)8(11)6-10(3,4)5/h7-8H,6,11H2,1-5H3/t8-/m0/s1. The Morgan fingerprint density at radius 3 is 2.15 bits per heavy atom. The summed E-state index contributed by atoms with van der Waals surface area (Å²) in [5.74, 6) is -0.301. The van der Waals surface area contributed by atoms with Crippen LogP contribution in [0.15, 0.2) is 0 Å². The first-order valence-corrected chi connectivity index (χ1v) is 4.68. The van der Waals surface area contributed by atoms with Crippen LogP contribution >= 0.6 is 0 Å². The minimum atomic E-state index is -0.498. The van der Waals surface area contributed by atoms with Gasteiger partial charge in [0.2, 0.25) is 0 Å². The molecule has 0 unspecified atom stereocenters. The average Bonchev–Trinajstić information content (AvgIpc) is 1.81. The van der Waals surface area contributed by atoms with E-state index in [0.29, 0.717) is 6.42 Å². The molecule has 0 radical (unpaired) electrons. The Kier molecular flexibility index (Phi) is 4.40. The number of nitrogens with two attached hydrogens (primary N) is 1. The molecule has 0 aromatic carbocycles. The third-order valence-corrected chi connectivity index (χ3v) is 1.49. The maximum Gasteiger partial charge on any atom is 0.323 e. The van der Waals surface area contributed by atoms with E-state index in [1.165, 1.54) is 0 Å². The molecule has 1 atom stereocenters. The topological polar surface area (TPSA) is 52.3 Å².